The minimum Gasteiger partial charge on any atom is -0.338 e. The highest BCUT2D eigenvalue weighted by Gasteiger charge is 2.20. The number of urea groups is 1. The first-order chi connectivity index (χ1) is 11.1. The maximum absolute atomic E-state index is 12.1. The Labute approximate surface area is 139 Å². The second-order valence-electron chi connectivity index (χ2n) is 4.89. The Kier molecular flexibility index (Phi) is 5.81. The Bertz CT molecular complexity index is 726. The fourth-order valence-corrected chi connectivity index (χ4v) is 3.01. The lowest BCUT2D eigenvalue weighted by Gasteiger charge is -2.12. The molecule has 0 spiro atoms. The van der Waals surface area contributed by atoms with Gasteiger partial charge in [0.2, 0.25) is 5.91 Å². The summed E-state index contributed by atoms with van der Waals surface area (Å²) in [6.07, 6.45) is 1.79. The van der Waals surface area contributed by atoms with Gasteiger partial charge in [0.15, 0.2) is 5.16 Å². The van der Waals surface area contributed by atoms with Gasteiger partial charge in [-0.25, -0.2) is 9.78 Å². The lowest BCUT2D eigenvalue weighted by Crippen LogP contribution is -2.42. The topological polar surface area (TPSA) is 76.0 Å². The number of amides is 3. The number of benzene rings is 1. The van der Waals surface area contributed by atoms with Crippen molar-refractivity contribution in [2.24, 2.45) is 0 Å². The highest BCUT2D eigenvalue weighted by molar-refractivity contribution is 8.00. The Morgan fingerprint density at radius 2 is 2.17 bits per heavy atom. The number of imide groups is 1. The van der Waals surface area contributed by atoms with Crippen LogP contribution < -0.4 is 10.6 Å². The molecule has 0 aliphatic rings. The molecule has 6 nitrogen and oxygen atoms in total. The Balaban J connectivity index is 2.17. The number of nitrogens with zero attached hydrogens (tertiary/aromatic N) is 2. The number of carbonyl (C=O) groups is 2. The van der Waals surface area contributed by atoms with Gasteiger partial charge in [-0.1, -0.05) is 30.0 Å². The van der Waals surface area contributed by atoms with Crippen LogP contribution >= 0.6 is 11.8 Å². The van der Waals surface area contributed by atoms with Crippen LogP contribution in [0.4, 0.5) is 4.79 Å². The molecule has 7 heteroatoms. The molecule has 2 N–H and O–H groups in total. The zero-order valence-corrected chi connectivity index (χ0v) is 14.0. The van der Waals surface area contributed by atoms with Gasteiger partial charge in [-0.3, -0.25) is 10.1 Å². The van der Waals surface area contributed by atoms with E-state index in [0.717, 1.165) is 16.2 Å². The molecule has 23 heavy (non-hydrogen) atoms. The maximum Gasteiger partial charge on any atom is 0.321 e. The fraction of sp³-hybridized carbons (Fsp3) is 0.312. The average Bonchev–Trinajstić information content (AvgIpc) is 2.85. The Morgan fingerprint density at radius 1 is 1.43 bits per heavy atom. The van der Waals surface area contributed by atoms with Crippen LogP contribution in [0.2, 0.25) is 0 Å². The average molecular weight is 332 g/mol. The summed E-state index contributed by atoms with van der Waals surface area (Å²) in [5.74, 6) is -0.349. The molecule has 1 unspecified atom stereocenters. The van der Waals surface area contributed by atoms with Gasteiger partial charge in [0.05, 0.1) is 16.3 Å². The van der Waals surface area contributed by atoms with Gasteiger partial charge in [-0.05, 0) is 26.0 Å². The lowest BCUT2D eigenvalue weighted by molar-refractivity contribution is -0.119. The van der Waals surface area contributed by atoms with Crippen LogP contribution in [0.15, 0.2) is 42.1 Å². The largest absolute Gasteiger partial charge is 0.338 e. The van der Waals surface area contributed by atoms with Crippen molar-refractivity contribution in [3.63, 3.8) is 0 Å². The van der Waals surface area contributed by atoms with E-state index in [2.05, 4.69) is 22.2 Å². The standard InChI is InChI=1S/C16H20N4O2S/c1-4-10-20-13-9-7-6-8-12(13)18-16(20)23-11(3)14(21)19-15(22)17-5-2/h4,6-9,11H,1,5,10H2,2-3H3,(H2,17,19,21,22). The van der Waals surface area contributed by atoms with Crippen molar-refractivity contribution in [2.45, 2.75) is 30.8 Å². The molecule has 3 amide bonds. The van der Waals surface area contributed by atoms with Crippen molar-refractivity contribution in [3.8, 4) is 0 Å². The molecule has 0 radical (unpaired) electrons. The molecular formula is C16H20N4O2S. The van der Waals surface area contributed by atoms with Gasteiger partial charge < -0.3 is 9.88 Å². The SMILES string of the molecule is C=CCn1c(SC(C)C(=O)NC(=O)NCC)nc2ccccc21. The summed E-state index contributed by atoms with van der Waals surface area (Å²) in [6, 6.07) is 7.30. The molecule has 1 heterocycles. The number of thioether (sulfide) groups is 1. The first kappa shape index (κ1) is 17.1. The van der Waals surface area contributed by atoms with Crippen LogP contribution in [0, 0.1) is 0 Å². The second-order valence-corrected chi connectivity index (χ2v) is 6.20. The summed E-state index contributed by atoms with van der Waals surface area (Å²) in [7, 11) is 0. The Hall–Kier alpha value is -2.28. The normalized spacial score (nSPS) is 11.9. The van der Waals surface area contributed by atoms with Crippen LogP contribution in [-0.2, 0) is 11.3 Å². The van der Waals surface area contributed by atoms with Crippen molar-refractivity contribution in [1.29, 1.82) is 0 Å². The number of rotatable bonds is 6. The zero-order valence-electron chi connectivity index (χ0n) is 13.2. The van der Waals surface area contributed by atoms with Crippen LogP contribution in [-0.4, -0.2) is 33.3 Å². The van der Waals surface area contributed by atoms with Crippen molar-refractivity contribution in [1.82, 2.24) is 20.2 Å². The number of allylic oxidation sites excluding steroid dienone is 1. The predicted octanol–water partition coefficient (Wildman–Crippen LogP) is 2.55. The third kappa shape index (κ3) is 4.13. The number of para-hydroxylation sites is 2. The second kappa shape index (κ2) is 7.82. The molecule has 1 atom stereocenters. The van der Waals surface area contributed by atoms with Gasteiger partial charge in [0.1, 0.15) is 0 Å². The van der Waals surface area contributed by atoms with E-state index in [-0.39, 0.29) is 5.91 Å². The first-order valence-corrected chi connectivity index (χ1v) is 8.26. The van der Waals surface area contributed by atoms with Gasteiger partial charge in [-0.15, -0.1) is 6.58 Å². The lowest BCUT2D eigenvalue weighted by atomic mass is 10.3. The molecule has 122 valence electrons. The summed E-state index contributed by atoms with van der Waals surface area (Å²) in [5.41, 5.74) is 1.86. The molecule has 0 fully saturated rings. The number of carbonyl (C=O) groups excluding carboxylic acids is 2. The molecule has 2 rings (SSSR count). The van der Waals surface area contributed by atoms with E-state index in [1.807, 2.05) is 28.8 Å². The van der Waals surface area contributed by atoms with Crippen LogP contribution in [0.5, 0.6) is 0 Å². The maximum atomic E-state index is 12.1. The molecule has 0 aliphatic carbocycles. The van der Waals surface area contributed by atoms with E-state index in [9.17, 15) is 9.59 Å². The van der Waals surface area contributed by atoms with Crippen LogP contribution in [0.3, 0.4) is 0 Å². The highest BCUT2D eigenvalue weighted by atomic mass is 32.2. The van der Waals surface area contributed by atoms with Crippen molar-refractivity contribution < 1.29 is 9.59 Å². The smallest absolute Gasteiger partial charge is 0.321 e. The minimum absolute atomic E-state index is 0.349. The Morgan fingerprint density at radius 3 is 2.87 bits per heavy atom. The number of fused-ring (bicyclic) bond motifs is 1. The summed E-state index contributed by atoms with van der Waals surface area (Å²) in [6.45, 7) is 8.38. The number of hydrogen-bond acceptors (Lipinski definition) is 4. The van der Waals surface area contributed by atoms with E-state index in [1.165, 1.54) is 11.8 Å². The van der Waals surface area contributed by atoms with E-state index < -0.39 is 11.3 Å². The van der Waals surface area contributed by atoms with Crippen molar-refractivity contribution >= 4 is 34.7 Å². The first-order valence-electron chi connectivity index (χ1n) is 7.38. The van der Waals surface area contributed by atoms with E-state index in [1.54, 1.807) is 19.9 Å². The van der Waals surface area contributed by atoms with Gasteiger partial charge in [0, 0.05) is 13.1 Å². The van der Waals surface area contributed by atoms with E-state index in [0.29, 0.717) is 13.1 Å². The quantitative estimate of drug-likeness (QED) is 0.630. The summed E-state index contributed by atoms with van der Waals surface area (Å²) in [4.78, 5) is 28.1. The van der Waals surface area contributed by atoms with E-state index >= 15 is 0 Å². The summed E-state index contributed by atoms with van der Waals surface area (Å²) in [5, 5.41) is 5.13. The number of nitrogens with one attached hydrogen (secondary N) is 2. The molecular weight excluding hydrogens is 312 g/mol. The highest BCUT2D eigenvalue weighted by Crippen LogP contribution is 2.27. The molecule has 0 aliphatic heterocycles. The zero-order chi connectivity index (χ0) is 16.8. The van der Waals surface area contributed by atoms with Gasteiger partial charge >= 0.3 is 6.03 Å². The third-order valence-electron chi connectivity index (χ3n) is 3.16. The number of imidazole rings is 1. The molecule has 1 aromatic heterocycles. The molecule has 1 aromatic carbocycles. The van der Waals surface area contributed by atoms with E-state index in [4.69, 9.17) is 0 Å². The molecule has 0 bridgehead atoms. The number of hydrogen-bond donors (Lipinski definition) is 2. The number of aromatic nitrogens is 2. The van der Waals surface area contributed by atoms with Crippen LogP contribution in [0.25, 0.3) is 11.0 Å². The fourth-order valence-electron chi connectivity index (χ4n) is 2.08. The van der Waals surface area contributed by atoms with Crippen molar-refractivity contribution in [3.05, 3.63) is 36.9 Å². The minimum atomic E-state index is -0.482. The van der Waals surface area contributed by atoms with Crippen molar-refractivity contribution in [2.75, 3.05) is 6.54 Å². The third-order valence-corrected chi connectivity index (χ3v) is 4.25. The monoisotopic (exact) mass is 332 g/mol. The summed E-state index contributed by atoms with van der Waals surface area (Å²) >= 11 is 1.32. The van der Waals surface area contributed by atoms with Crippen LogP contribution in [0.1, 0.15) is 13.8 Å². The summed E-state index contributed by atoms with van der Waals surface area (Å²) < 4.78 is 2.00. The van der Waals surface area contributed by atoms with Gasteiger partial charge in [-0.2, -0.15) is 0 Å². The molecule has 0 saturated carbocycles. The molecule has 2 aromatic rings. The molecule has 0 saturated heterocycles. The predicted molar refractivity (Wildman–Crippen MR) is 92.5 cm³/mol. The van der Waals surface area contributed by atoms with Gasteiger partial charge in [0.25, 0.3) is 0 Å².